The minimum absolute atomic E-state index is 0.0734. The molecule has 0 spiro atoms. The second-order valence-electron chi connectivity index (χ2n) is 4.53. The first-order chi connectivity index (χ1) is 7.90. The van der Waals surface area contributed by atoms with Gasteiger partial charge < -0.3 is 10.5 Å². The zero-order chi connectivity index (χ0) is 11.2. The van der Waals surface area contributed by atoms with Crippen molar-refractivity contribution in [2.75, 3.05) is 6.54 Å². The highest BCUT2D eigenvalue weighted by Gasteiger charge is 2.19. The maximum Gasteiger partial charge on any atom is 0.0950 e. The van der Waals surface area contributed by atoms with Gasteiger partial charge in [-0.3, -0.25) is 0 Å². The number of hydrogen-bond donors (Lipinski definition) is 1. The van der Waals surface area contributed by atoms with Crippen LogP contribution in [0.25, 0.3) is 0 Å². The lowest BCUT2D eigenvalue weighted by atomic mass is 9.97. The smallest absolute Gasteiger partial charge is 0.0950 e. The zero-order valence-corrected chi connectivity index (χ0v) is 9.77. The molecule has 2 rings (SSSR count). The molecule has 0 radical (unpaired) electrons. The van der Waals surface area contributed by atoms with Gasteiger partial charge in [-0.2, -0.15) is 0 Å². The van der Waals surface area contributed by atoms with E-state index in [1.165, 1.54) is 37.7 Å². The topological polar surface area (TPSA) is 35.2 Å². The predicted octanol–water partition coefficient (Wildman–Crippen LogP) is 3.04. The fourth-order valence-electron chi connectivity index (χ4n) is 2.37. The van der Waals surface area contributed by atoms with Crippen molar-refractivity contribution in [2.45, 2.75) is 44.3 Å². The summed E-state index contributed by atoms with van der Waals surface area (Å²) in [7, 11) is 0. The van der Waals surface area contributed by atoms with E-state index in [1.807, 2.05) is 18.2 Å². The molecular formula is C14H21NO. The summed E-state index contributed by atoms with van der Waals surface area (Å²) in [5, 5.41) is 0. The zero-order valence-electron chi connectivity index (χ0n) is 9.77. The van der Waals surface area contributed by atoms with Crippen molar-refractivity contribution in [3.63, 3.8) is 0 Å². The summed E-state index contributed by atoms with van der Waals surface area (Å²) in [4.78, 5) is 0. The van der Waals surface area contributed by atoms with Gasteiger partial charge in [-0.15, -0.1) is 0 Å². The van der Waals surface area contributed by atoms with E-state index in [0.29, 0.717) is 12.6 Å². The standard InChI is InChI=1S/C14H21NO/c15-11-14(12-7-3-1-4-8-12)16-13-9-5-2-6-10-13/h1,3-4,7-8,13-14H,2,5-6,9-11,15H2. The Labute approximate surface area is 97.8 Å². The van der Waals surface area contributed by atoms with Crippen molar-refractivity contribution in [1.29, 1.82) is 0 Å². The molecule has 1 aliphatic carbocycles. The first-order valence-electron chi connectivity index (χ1n) is 6.30. The minimum Gasteiger partial charge on any atom is -0.369 e. The average Bonchev–Trinajstić information content (AvgIpc) is 2.38. The van der Waals surface area contributed by atoms with Crippen LogP contribution in [-0.2, 0) is 4.74 Å². The summed E-state index contributed by atoms with van der Waals surface area (Å²) in [5.41, 5.74) is 7.00. The van der Waals surface area contributed by atoms with Crippen LogP contribution in [0.1, 0.15) is 43.8 Å². The highest BCUT2D eigenvalue weighted by molar-refractivity contribution is 5.17. The second-order valence-corrected chi connectivity index (χ2v) is 4.53. The van der Waals surface area contributed by atoms with Crippen molar-refractivity contribution in [3.05, 3.63) is 35.9 Å². The lowest BCUT2D eigenvalue weighted by Gasteiger charge is -2.27. The molecule has 2 nitrogen and oxygen atoms in total. The Morgan fingerprint density at radius 2 is 1.81 bits per heavy atom. The van der Waals surface area contributed by atoms with Crippen molar-refractivity contribution in [3.8, 4) is 0 Å². The van der Waals surface area contributed by atoms with E-state index in [2.05, 4.69) is 12.1 Å². The van der Waals surface area contributed by atoms with Crippen LogP contribution in [0.5, 0.6) is 0 Å². The van der Waals surface area contributed by atoms with Crippen LogP contribution in [0.3, 0.4) is 0 Å². The summed E-state index contributed by atoms with van der Waals surface area (Å²) in [5.74, 6) is 0. The van der Waals surface area contributed by atoms with Crippen molar-refractivity contribution in [2.24, 2.45) is 5.73 Å². The van der Waals surface area contributed by atoms with Crippen LogP contribution < -0.4 is 5.73 Å². The van der Waals surface area contributed by atoms with Crippen molar-refractivity contribution in [1.82, 2.24) is 0 Å². The molecule has 2 N–H and O–H groups in total. The Hall–Kier alpha value is -0.860. The van der Waals surface area contributed by atoms with E-state index in [-0.39, 0.29) is 6.10 Å². The third-order valence-electron chi connectivity index (χ3n) is 3.29. The van der Waals surface area contributed by atoms with Crippen LogP contribution in [0.2, 0.25) is 0 Å². The number of hydrogen-bond acceptors (Lipinski definition) is 2. The molecule has 2 heteroatoms. The third-order valence-corrected chi connectivity index (χ3v) is 3.29. The lowest BCUT2D eigenvalue weighted by molar-refractivity contribution is -0.0269. The maximum atomic E-state index is 6.10. The Morgan fingerprint density at radius 1 is 1.12 bits per heavy atom. The first kappa shape index (κ1) is 11.6. The van der Waals surface area contributed by atoms with Gasteiger partial charge in [0.15, 0.2) is 0 Å². The van der Waals surface area contributed by atoms with Gasteiger partial charge >= 0.3 is 0 Å². The highest BCUT2D eigenvalue weighted by Crippen LogP contribution is 2.26. The van der Waals surface area contributed by atoms with E-state index in [9.17, 15) is 0 Å². The second kappa shape index (κ2) is 6.02. The molecule has 1 saturated carbocycles. The van der Waals surface area contributed by atoms with Gasteiger partial charge in [0.05, 0.1) is 12.2 Å². The van der Waals surface area contributed by atoms with Gasteiger partial charge in [-0.1, -0.05) is 49.6 Å². The fourth-order valence-corrected chi connectivity index (χ4v) is 2.37. The monoisotopic (exact) mass is 219 g/mol. The minimum atomic E-state index is 0.0734. The van der Waals surface area contributed by atoms with Crippen molar-refractivity contribution < 1.29 is 4.74 Å². The Balaban J connectivity index is 1.94. The van der Waals surface area contributed by atoms with Gasteiger partial charge in [-0.05, 0) is 18.4 Å². The van der Waals surface area contributed by atoms with Crippen LogP contribution in [0.4, 0.5) is 0 Å². The number of ether oxygens (including phenoxy) is 1. The normalized spacial score (nSPS) is 19.6. The maximum absolute atomic E-state index is 6.10. The van der Waals surface area contributed by atoms with Gasteiger partial charge in [-0.25, -0.2) is 0 Å². The fraction of sp³-hybridized carbons (Fsp3) is 0.571. The Kier molecular flexibility index (Phi) is 4.37. The predicted molar refractivity (Wildman–Crippen MR) is 66.2 cm³/mol. The molecule has 0 saturated heterocycles. The van der Waals surface area contributed by atoms with E-state index in [4.69, 9.17) is 10.5 Å². The summed E-state index contributed by atoms with van der Waals surface area (Å²) in [6.07, 6.45) is 6.85. The van der Waals surface area contributed by atoms with Crippen LogP contribution >= 0.6 is 0 Å². The third kappa shape index (κ3) is 3.06. The van der Waals surface area contributed by atoms with E-state index < -0.39 is 0 Å². The number of nitrogens with two attached hydrogens (primary N) is 1. The van der Waals surface area contributed by atoms with Gasteiger partial charge in [0.2, 0.25) is 0 Å². The van der Waals surface area contributed by atoms with Crippen LogP contribution in [-0.4, -0.2) is 12.6 Å². The summed E-state index contributed by atoms with van der Waals surface area (Å²) in [6.45, 7) is 0.570. The Bertz CT molecular complexity index is 293. The molecule has 1 aromatic rings. The van der Waals surface area contributed by atoms with Gasteiger partial charge in [0.25, 0.3) is 0 Å². The molecule has 0 aliphatic heterocycles. The SMILES string of the molecule is NCC(OC1CCCCC1)c1ccccc1. The largest absolute Gasteiger partial charge is 0.369 e. The molecule has 0 heterocycles. The van der Waals surface area contributed by atoms with E-state index in [0.717, 1.165) is 0 Å². The average molecular weight is 219 g/mol. The lowest BCUT2D eigenvalue weighted by Crippen LogP contribution is -2.24. The Morgan fingerprint density at radius 3 is 2.44 bits per heavy atom. The van der Waals surface area contributed by atoms with Crippen molar-refractivity contribution >= 4 is 0 Å². The molecule has 0 bridgehead atoms. The quantitative estimate of drug-likeness (QED) is 0.844. The summed E-state index contributed by atoms with van der Waals surface area (Å²) in [6, 6.07) is 10.3. The number of benzene rings is 1. The molecule has 1 atom stereocenters. The highest BCUT2D eigenvalue weighted by atomic mass is 16.5. The summed E-state index contributed by atoms with van der Waals surface area (Å²) < 4.78 is 6.10. The molecule has 1 aromatic carbocycles. The van der Waals surface area contributed by atoms with Crippen LogP contribution in [0.15, 0.2) is 30.3 Å². The first-order valence-corrected chi connectivity index (χ1v) is 6.30. The molecular weight excluding hydrogens is 198 g/mol. The molecule has 1 unspecified atom stereocenters. The van der Waals surface area contributed by atoms with Gasteiger partial charge in [0.1, 0.15) is 0 Å². The molecule has 88 valence electrons. The van der Waals surface area contributed by atoms with E-state index >= 15 is 0 Å². The molecule has 1 aliphatic rings. The molecule has 16 heavy (non-hydrogen) atoms. The summed E-state index contributed by atoms with van der Waals surface area (Å²) >= 11 is 0. The number of rotatable bonds is 4. The molecule has 1 fully saturated rings. The van der Waals surface area contributed by atoms with Crippen LogP contribution in [0, 0.1) is 0 Å². The molecule has 0 amide bonds. The molecule has 0 aromatic heterocycles. The van der Waals surface area contributed by atoms with E-state index in [1.54, 1.807) is 0 Å². The van der Waals surface area contributed by atoms with Gasteiger partial charge in [0, 0.05) is 6.54 Å².